The van der Waals surface area contributed by atoms with E-state index in [1.54, 1.807) is 28.8 Å². The molecular weight excluding hydrogens is 415 g/mol. The number of rotatable bonds is 4. The molecule has 1 aliphatic rings. The molecule has 7 nitrogen and oxygen atoms in total. The minimum Gasteiger partial charge on any atom is -0.456 e. The minimum absolute atomic E-state index is 0.0850. The van der Waals surface area contributed by atoms with Crippen molar-refractivity contribution in [2.24, 2.45) is 5.92 Å². The fourth-order valence-corrected chi connectivity index (χ4v) is 3.96. The van der Waals surface area contributed by atoms with Gasteiger partial charge in [-0.05, 0) is 43.9 Å². The first-order chi connectivity index (χ1) is 14.8. The highest BCUT2D eigenvalue weighted by atomic mass is 19.4. The van der Waals surface area contributed by atoms with E-state index in [4.69, 9.17) is 9.15 Å². The van der Waals surface area contributed by atoms with Gasteiger partial charge in [-0.15, -0.1) is 0 Å². The van der Waals surface area contributed by atoms with Gasteiger partial charge < -0.3 is 14.5 Å². The number of fused-ring (bicyclic) bond motifs is 1. The van der Waals surface area contributed by atoms with Crippen molar-refractivity contribution in [2.75, 3.05) is 13.2 Å². The summed E-state index contributed by atoms with van der Waals surface area (Å²) in [6.07, 6.45) is -3.04. The molecule has 31 heavy (non-hydrogen) atoms. The Balaban J connectivity index is 1.62. The Hall–Kier alpha value is -3.01. The number of carbonyl (C=O) groups excluding carboxylic acids is 1. The zero-order chi connectivity index (χ0) is 22.2. The predicted molar refractivity (Wildman–Crippen MR) is 106 cm³/mol. The Morgan fingerprint density at radius 2 is 1.87 bits per heavy atom. The number of carbonyl (C=O) groups is 1. The van der Waals surface area contributed by atoms with Crippen LogP contribution < -0.4 is 11.0 Å². The van der Waals surface area contributed by atoms with Gasteiger partial charge in [-0.25, -0.2) is 14.2 Å². The van der Waals surface area contributed by atoms with Crippen LogP contribution in [0.5, 0.6) is 0 Å². The molecule has 1 N–H and O–H groups in total. The van der Waals surface area contributed by atoms with Crippen molar-refractivity contribution >= 4 is 17.1 Å². The summed E-state index contributed by atoms with van der Waals surface area (Å²) in [5.41, 5.74) is 0.280. The Kier molecular flexibility index (Phi) is 5.65. The van der Waals surface area contributed by atoms with E-state index in [0.29, 0.717) is 30.8 Å². The molecule has 3 heterocycles. The first-order valence-electron chi connectivity index (χ1n) is 9.98. The number of aryl methyl sites for hydroxylation is 1. The summed E-state index contributed by atoms with van der Waals surface area (Å²) in [6, 6.07) is 7.29. The molecule has 0 unspecified atom stereocenters. The van der Waals surface area contributed by atoms with Crippen LogP contribution in [0.2, 0.25) is 0 Å². The molecule has 0 bridgehead atoms. The van der Waals surface area contributed by atoms with Gasteiger partial charge in [0, 0.05) is 31.9 Å². The number of nitrogens with zero attached hydrogens (tertiary/aromatic N) is 2. The van der Waals surface area contributed by atoms with Crippen molar-refractivity contribution in [3.8, 4) is 0 Å². The summed E-state index contributed by atoms with van der Waals surface area (Å²) in [5.74, 6) is -0.821. The number of hydrogen-bond acceptors (Lipinski definition) is 4. The maximum absolute atomic E-state index is 13.1. The number of hydrogen-bond donors (Lipinski definition) is 1. The van der Waals surface area contributed by atoms with Crippen LogP contribution in [-0.2, 0) is 24.0 Å². The highest BCUT2D eigenvalue weighted by Crippen LogP contribution is 2.34. The number of furan rings is 1. The van der Waals surface area contributed by atoms with Gasteiger partial charge in [0.05, 0.1) is 11.0 Å². The van der Waals surface area contributed by atoms with Crippen LogP contribution in [0.25, 0.3) is 11.0 Å². The van der Waals surface area contributed by atoms with Gasteiger partial charge in [0.25, 0.3) is 0 Å². The monoisotopic (exact) mass is 437 g/mol. The molecule has 166 valence electrons. The van der Waals surface area contributed by atoms with Crippen molar-refractivity contribution in [2.45, 2.75) is 39.0 Å². The molecule has 1 fully saturated rings. The Bertz CT molecular complexity index is 1150. The zero-order valence-corrected chi connectivity index (χ0v) is 16.9. The molecule has 0 atom stereocenters. The Morgan fingerprint density at radius 1 is 1.19 bits per heavy atom. The van der Waals surface area contributed by atoms with E-state index in [-0.39, 0.29) is 17.2 Å². The summed E-state index contributed by atoms with van der Waals surface area (Å²) < 4.78 is 52.0. The maximum atomic E-state index is 13.1. The van der Waals surface area contributed by atoms with Gasteiger partial charge in [-0.2, -0.15) is 13.2 Å². The van der Waals surface area contributed by atoms with E-state index in [9.17, 15) is 22.8 Å². The van der Waals surface area contributed by atoms with Gasteiger partial charge in [0.2, 0.25) is 5.76 Å². The molecule has 2 aromatic heterocycles. The van der Waals surface area contributed by atoms with E-state index < -0.39 is 30.2 Å². The summed E-state index contributed by atoms with van der Waals surface area (Å²) in [5, 5.41) is 2.42. The van der Waals surface area contributed by atoms with Gasteiger partial charge in [0.1, 0.15) is 5.76 Å². The molecule has 1 amide bonds. The summed E-state index contributed by atoms with van der Waals surface area (Å²) in [6.45, 7) is 2.68. The maximum Gasteiger partial charge on any atom is 0.449 e. The molecule has 0 aliphatic carbocycles. The standard InChI is InChI=1S/C21H22F3N3O4/c1-13-10-15(18(31-13)21(22,23)24)11-25-19(28)27-17-5-3-2-4-16(17)26(20(27)29)12-14-6-8-30-9-7-14/h2-5,10,14H,6-9,11-12H2,1H3,(H,25,28). The lowest BCUT2D eigenvalue weighted by atomic mass is 10.0. The van der Waals surface area contributed by atoms with Crippen molar-refractivity contribution in [1.82, 2.24) is 14.5 Å². The number of alkyl halides is 3. The fourth-order valence-electron chi connectivity index (χ4n) is 3.96. The largest absolute Gasteiger partial charge is 0.456 e. The van der Waals surface area contributed by atoms with Crippen LogP contribution in [0.3, 0.4) is 0 Å². The SMILES string of the molecule is Cc1cc(CNC(=O)n2c(=O)n(CC3CCOCC3)c3ccccc32)c(C(F)(F)F)o1. The highest BCUT2D eigenvalue weighted by molar-refractivity contribution is 5.89. The van der Waals surface area contributed by atoms with E-state index in [0.717, 1.165) is 17.4 Å². The van der Waals surface area contributed by atoms with E-state index in [1.807, 2.05) is 0 Å². The van der Waals surface area contributed by atoms with Crippen molar-refractivity contribution in [3.05, 3.63) is 57.9 Å². The summed E-state index contributed by atoms with van der Waals surface area (Å²) in [7, 11) is 0. The topological polar surface area (TPSA) is 78.4 Å². The minimum atomic E-state index is -4.68. The van der Waals surface area contributed by atoms with Gasteiger partial charge in [-0.3, -0.25) is 4.57 Å². The molecule has 3 aromatic rings. The van der Waals surface area contributed by atoms with Crippen LogP contribution in [-0.4, -0.2) is 28.4 Å². The number of amides is 1. The predicted octanol–water partition coefficient (Wildman–Crippen LogP) is 3.91. The first-order valence-corrected chi connectivity index (χ1v) is 9.98. The van der Waals surface area contributed by atoms with E-state index in [1.165, 1.54) is 13.0 Å². The summed E-state index contributed by atoms with van der Waals surface area (Å²) >= 11 is 0. The van der Waals surface area contributed by atoms with Crippen molar-refractivity contribution in [3.63, 3.8) is 0 Å². The quantitative estimate of drug-likeness (QED) is 0.672. The lowest BCUT2D eigenvalue weighted by molar-refractivity contribution is -0.154. The van der Waals surface area contributed by atoms with Gasteiger partial charge in [-0.1, -0.05) is 12.1 Å². The molecule has 4 rings (SSSR count). The third kappa shape index (κ3) is 4.25. The number of nitrogens with one attached hydrogen (secondary N) is 1. The van der Waals surface area contributed by atoms with Crippen LogP contribution in [0.15, 0.2) is 39.5 Å². The molecular formula is C21H22F3N3O4. The number of benzene rings is 1. The van der Waals surface area contributed by atoms with Crippen molar-refractivity contribution < 1.29 is 27.1 Å². The van der Waals surface area contributed by atoms with Gasteiger partial charge in [0.15, 0.2) is 0 Å². The third-order valence-electron chi connectivity index (χ3n) is 5.44. The van der Waals surface area contributed by atoms with Gasteiger partial charge >= 0.3 is 17.9 Å². The number of ether oxygens (including phenoxy) is 1. The second-order valence-electron chi connectivity index (χ2n) is 7.64. The highest BCUT2D eigenvalue weighted by Gasteiger charge is 2.38. The third-order valence-corrected chi connectivity index (χ3v) is 5.44. The smallest absolute Gasteiger partial charge is 0.449 e. The molecule has 0 radical (unpaired) electrons. The average molecular weight is 437 g/mol. The number of aromatic nitrogens is 2. The normalized spacial score (nSPS) is 15.5. The molecule has 1 saturated heterocycles. The van der Waals surface area contributed by atoms with Crippen LogP contribution in [0, 0.1) is 12.8 Å². The number of halogens is 3. The van der Waals surface area contributed by atoms with E-state index >= 15 is 0 Å². The number of para-hydroxylation sites is 2. The molecule has 0 saturated carbocycles. The zero-order valence-electron chi connectivity index (χ0n) is 16.9. The molecule has 1 aromatic carbocycles. The molecule has 1 aliphatic heterocycles. The number of imidazole rings is 1. The Morgan fingerprint density at radius 3 is 2.55 bits per heavy atom. The van der Waals surface area contributed by atoms with Crippen LogP contribution >= 0.6 is 0 Å². The average Bonchev–Trinajstić information content (AvgIpc) is 3.25. The summed E-state index contributed by atoms with van der Waals surface area (Å²) in [4.78, 5) is 25.9. The fraction of sp³-hybridized carbons (Fsp3) is 0.429. The Labute approximate surface area is 175 Å². The second kappa shape index (κ2) is 8.26. The van der Waals surface area contributed by atoms with Crippen LogP contribution in [0.1, 0.15) is 29.9 Å². The second-order valence-corrected chi connectivity index (χ2v) is 7.64. The van der Waals surface area contributed by atoms with Crippen LogP contribution in [0.4, 0.5) is 18.0 Å². The lowest BCUT2D eigenvalue weighted by Crippen LogP contribution is -2.37. The molecule has 10 heteroatoms. The van der Waals surface area contributed by atoms with E-state index in [2.05, 4.69) is 5.32 Å². The lowest BCUT2D eigenvalue weighted by Gasteiger charge is -2.22. The first kappa shape index (κ1) is 21.2. The van der Waals surface area contributed by atoms with Crippen molar-refractivity contribution in [1.29, 1.82) is 0 Å². The molecule has 0 spiro atoms.